The van der Waals surface area contributed by atoms with Crippen molar-refractivity contribution < 1.29 is 4.74 Å². The van der Waals surface area contributed by atoms with Crippen molar-refractivity contribution in [3.63, 3.8) is 0 Å². The molecule has 0 fully saturated rings. The van der Waals surface area contributed by atoms with Crippen molar-refractivity contribution in [1.29, 1.82) is 0 Å². The fourth-order valence-corrected chi connectivity index (χ4v) is 2.99. The van der Waals surface area contributed by atoms with Gasteiger partial charge in [0.2, 0.25) is 0 Å². The highest BCUT2D eigenvalue weighted by molar-refractivity contribution is 6.00. The van der Waals surface area contributed by atoms with Gasteiger partial charge in [0.05, 0.1) is 7.11 Å². The Morgan fingerprint density at radius 2 is 1.29 bits per heavy atom. The molecular formula is C19H15NO. The maximum Gasteiger partial charge on any atom is 0.127 e. The maximum atomic E-state index is 5.61. The molecule has 0 unspecified atom stereocenters. The van der Waals surface area contributed by atoms with Crippen LogP contribution in [0, 0.1) is 0 Å². The number of methoxy groups -OCH3 is 1. The lowest BCUT2D eigenvalue weighted by atomic mass is 9.94. The predicted molar refractivity (Wildman–Crippen MR) is 87.1 cm³/mol. The minimum Gasteiger partial charge on any atom is -0.496 e. The quantitative estimate of drug-likeness (QED) is 0.522. The summed E-state index contributed by atoms with van der Waals surface area (Å²) < 4.78 is 5.61. The monoisotopic (exact) mass is 273 g/mol. The van der Waals surface area contributed by atoms with Gasteiger partial charge >= 0.3 is 0 Å². The molecule has 0 saturated carbocycles. The first-order valence-electron chi connectivity index (χ1n) is 7.01. The van der Waals surface area contributed by atoms with Crippen LogP contribution in [0.25, 0.3) is 22.3 Å². The van der Waals surface area contributed by atoms with Gasteiger partial charge in [-0.05, 0) is 23.8 Å². The van der Waals surface area contributed by atoms with Crippen LogP contribution in [-0.2, 0) is 0 Å². The highest BCUT2D eigenvalue weighted by Crippen LogP contribution is 2.47. The van der Waals surface area contributed by atoms with Crippen molar-refractivity contribution in [1.82, 2.24) is 0 Å². The van der Waals surface area contributed by atoms with Crippen LogP contribution in [0.1, 0.15) is 0 Å². The smallest absolute Gasteiger partial charge is 0.127 e. The summed E-state index contributed by atoms with van der Waals surface area (Å²) in [6, 6.07) is 22.9. The average Bonchev–Trinajstić information content (AvgIpc) is 2.69. The van der Waals surface area contributed by atoms with Crippen LogP contribution in [0.5, 0.6) is 5.75 Å². The third kappa shape index (κ3) is 1.80. The molecule has 0 atom stereocenters. The lowest BCUT2D eigenvalue weighted by Gasteiger charge is -2.13. The topological polar surface area (TPSA) is 21.3 Å². The molecule has 3 aromatic rings. The van der Waals surface area contributed by atoms with E-state index in [1.807, 2.05) is 12.1 Å². The molecule has 2 nitrogen and oxygen atoms in total. The molecule has 1 N–H and O–H groups in total. The molecular weight excluding hydrogens is 258 g/mol. The molecule has 21 heavy (non-hydrogen) atoms. The summed E-state index contributed by atoms with van der Waals surface area (Å²) in [4.78, 5) is 0. The minimum atomic E-state index is 0.901. The Kier molecular flexibility index (Phi) is 2.68. The zero-order valence-electron chi connectivity index (χ0n) is 11.8. The van der Waals surface area contributed by atoms with E-state index in [2.05, 4.69) is 59.9 Å². The summed E-state index contributed by atoms with van der Waals surface area (Å²) in [5.41, 5.74) is 6.93. The fourth-order valence-electron chi connectivity index (χ4n) is 2.99. The van der Waals surface area contributed by atoms with E-state index in [-0.39, 0.29) is 0 Å². The van der Waals surface area contributed by atoms with Gasteiger partial charge in [-0.25, -0.2) is 0 Å². The predicted octanol–water partition coefficient (Wildman–Crippen LogP) is 5.09. The van der Waals surface area contributed by atoms with E-state index in [9.17, 15) is 0 Å². The van der Waals surface area contributed by atoms with Crippen LogP contribution in [-0.4, -0.2) is 7.11 Å². The van der Waals surface area contributed by atoms with Gasteiger partial charge in [0.1, 0.15) is 5.75 Å². The molecule has 0 amide bonds. The maximum absolute atomic E-state index is 5.61. The summed E-state index contributed by atoms with van der Waals surface area (Å²) in [5.74, 6) is 0.901. The van der Waals surface area contributed by atoms with Crippen LogP contribution in [0.2, 0.25) is 0 Å². The molecule has 0 aromatic heterocycles. The molecule has 3 aromatic carbocycles. The second-order valence-electron chi connectivity index (χ2n) is 5.10. The van der Waals surface area contributed by atoms with Crippen LogP contribution in [0.4, 0.5) is 11.4 Å². The molecule has 1 heterocycles. The van der Waals surface area contributed by atoms with Crippen LogP contribution < -0.4 is 10.1 Å². The summed E-state index contributed by atoms with van der Waals surface area (Å²) in [5, 5.41) is 3.55. The van der Waals surface area contributed by atoms with E-state index < -0.39 is 0 Å². The number of rotatable bonds is 1. The molecule has 0 spiro atoms. The zero-order chi connectivity index (χ0) is 14.2. The Balaban J connectivity index is 2.15. The van der Waals surface area contributed by atoms with Crippen LogP contribution in [0.3, 0.4) is 0 Å². The zero-order valence-corrected chi connectivity index (χ0v) is 11.8. The van der Waals surface area contributed by atoms with Crippen molar-refractivity contribution in [2.24, 2.45) is 0 Å². The van der Waals surface area contributed by atoms with E-state index in [1.54, 1.807) is 7.11 Å². The standard InChI is InChI=1S/C19H15NO/c1-21-18-12-6-9-14-13-7-2-4-10-16(13)20-17-11-5-3-8-15(17)19(14)18/h2-12,20H,1H3. The largest absolute Gasteiger partial charge is 0.496 e. The number of fused-ring (bicyclic) bond motifs is 5. The van der Waals surface area contributed by atoms with Gasteiger partial charge in [-0.15, -0.1) is 0 Å². The van der Waals surface area contributed by atoms with Crippen molar-refractivity contribution in [2.75, 3.05) is 12.4 Å². The number of para-hydroxylation sites is 2. The lowest BCUT2D eigenvalue weighted by molar-refractivity contribution is 0.416. The molecule has 0 bridgehead atoms. The van der Waals surface area contributed by atoms with E-state index in [4.69, 9.17) is 4.74 Å². The first kappa shape index (κ1) is 12.0. The van der Waals surface area contributed by atoms with Gasteiger partial charge < -0.3 is 10.1 Å². The van der Waals surface area contributed by atoms with Gasteiger partial charge in [-0.3, -0.25) is 0 Å². The molecule has 2 heteroatoms. The number of hydrogen-bond acceptors (Lipinski definition) is 2. The minimum absolute atomic E-state index is 0.901. The van der Waals surface area contributed by atoms with E-state index >= 15 is 0 Å². The Morgan fingerprint density at radius 3 is 2.05 bits per heavy atom. The van der Waals surface area contributed by atoms with Gasteiger partial charge in [0.15, 0.2) is 0 Å². The van der Waals surface area contributed by atoms with Crippen molar-refractivity contribution in [3.05, 3.63) is 66.7 Å². The Morgan fingerprint density at radius 1 is 0.667 bits per heavy atom. The SMILES string of the molecule is COc1cccc2c1-c1ccccc1Nc1ccccc1-2. The number of benzene rings is 3. The third-order valence-corrected chi connectivity index (χ3v) is 3.93. The molecule has 0 aliphatic carbocycles. The molecule has 4 rings (SSSR count). The van der Waals surface area contributed by atoms with Crippen molar-refractivity contribution in [3.8, 4) is 28.0 Å². The van der Waals surface area contributed by atoms with Crippen LogP contribution >= 0.6 is 0 Å². The number of hydrogen-bond donors (Lipinski definition) is 1. The Bertz CT molecular complexity index is 823. The van der Waals surface area contributed by atoms with Gasteiger partial charge in [0.25, 0.3) is 0 Å². The van der Waals surface area contributed by atoms with Crippen molar-refractivity contribution in [2.45, 2.75) is 0 Å². The van der Waals surface area contributed by atoms with E-state index in [0.717, 1.165) is 22.7 Å². The summed E-state index contributed by atoms with van der Waals surface area (Å²) in [6.45, 7) is 0. The first-order valence-corrected chi connectivity index (χ1v) is 7.01. The van der Waals surface area contributed by atoms with E-state index in [1.165, 1.54) is 16.7 Å². The highest BCUT2D eigenvalue weighted by Gasteiger charge is 2.21. The number of anilines is 2. The Hall–Kier alpha value is -2.74. The normalized spacial score (nSPS) is 11.5. The average molecular weight is 273 g/mol. The fraction of sp³-hybridized carbons (Fsp3) is 0.0526. The Labute approximate surface area is 124 Å². The first-order chi connectivity index (χ1) is 10.4. The second kappa shape index (κ2) is 4.67. The molecule has 0 radical (unpaired) electrons. The number of ether oxygens (including phenoxy) is 1. The third-order valence-electron chi connectivity index (χ3n) is 3.93. The summed E-state index contributed by atoms with van der Waals surface area (Å²) in [7, 11) is 1.72. The molecule has 0 saturated heterocycles. The summed E-state index contributed by atoms with van der Waals surface area (Å²) >= 11 is 0. The van der Waals surface area contributed by atoms with Crippen LogP contribution in [0.15, 0.2) is 66.7 Å². The van der Waals surface area contributed by atoms with Gasteiger partial charge in [-0.2, -0.15) is 0 Å². The number of nitrogens with one attached hydrogen (secondary N) is 1. The van der Waals surface area contributed by atoms with Gasteiger partial charge in [0, 0.05) is 28.1 Å². The van der Waals surface area contributed by atoms with Gasteiger partial charge in [-0.1, -0.05) is 48.5 Å². The van der Waals surface area contributed by atoms with E-state index in [0.29, 0.717) is 0 Å². The van der Waals surface area contributed by atoms with Crippen molar-refractivity contribution >= 4 is 11.4 Å². The highest BCUT2D eigenvalue weighted by atomic mass is 16.5. The molecule has 1 aliphatic rings. The lowest BCUT2D eigenvalue weighted by Crippen LogP contribution is -1.91. The molecule has 1 aliphatic heterocycles. The summed E-state index contributed by atoms with van der Waals surface area (Å²) in [6.07, 6.45) is 0. The molecule has 102 valence electrons. The second-order valence-corrected chi connectivity index (χ2v) is 5.10.